The summed E-state index contributed by atoms with van der Waals surface area (Å²) in [6.45, 7) is 2.86. The summed E-state index contributed by atoms with van der Waals surface area (Å²) in [6.07, 6.45) is 1.03. The van der Waals surface area contributed by atoms with E-state index in [0.29, 0.717) is 16.5 Å². The van der Waals surface area contributed by atoms with E-state index in [9.17, 15) is 4.79 Å². The minimum absolute atomic E-state index is 0.0853. The Morgan fingerprint density at radius 3 is 2.81 bits per heavy atom. The first-order valence-electron chi connectivity index (χ1n) is 5.51. The number of hydrogen-bond donors (Lipinski definition) is 2. The van der Waals surface area contributed by atoms with Gasteiger partial charge >= 0.3 is 0 Å². The number of amides is 1. The van der Waals surface area contributed by atoms with Crippen molar-refractivity contribution in [1.82, 2.24) is 10.6 Å². The molecule has 0 aromatic heterocycles. The van der Waals surface area contributed by atoms with Crippen molar-refractivity contribution >= 4 is 17.5 Å². The maximum absolute atomic E-state index is 11.7. The Bertz CT molecular complexity index is 377. The highest BCUT2D eigenvalue weighted by atomic mass is 35.5. The van der Waals surface area contributed by atoms with Crippen molar-refractivity contribution in [2.75, 3.05) is 19.6 Å². The van der Waals surface area contributed by atoms with Crippen LogP contribution in [0, 0.1) is 5.92 Å². The van der Waals surface area contributed by atoms with E-state index in [1.807, 2.05) is 12.1 Å². The summed E-state index contributed by atoms with van der Waals surface area (Å²) in [5.74, 6) is 0.629. The van der Waals surface area contributed by atoms with Gasteiger partial charge in [-0.1, -0.05) is 23.7 Å². The van der Waals surface area contributed by atoms with E-state index in [1.165, 1.54) is 0 Å². The van der Waals surface area contributed by atoms with Crippen molar-refractivity contribution in [3.63, 3.8) is 0 Å². The minimum atomic E-state index is -0.0853. The van der Waals surface area contributed by atoms with Crippen molar-refractivity contribution in [3.05, 3.63) is 34.9 Å². The number of halogens is 1. The van der Waals surface area contributed by atoms with Crippen LogP contribution in [0.15, 0.2) is 24.3 Å². The van der Waals surface area contributed by atoms with Crippen LogP contribution in [0.2, 0.25) is 5.02 Å². The minimum Gasteiger partial charge on any atom is -0.352 e. The van der Waals surface area contributed by atoms with E-state index in [4.69, 9.17) is 11.6 Å². The zero-order chi connectivity index (χ0) is 11.4. The molecule has 0 aliphatic carbocycles. The summed E-state index contributed by atoms with van der Waals surface area (Å²) in [4.78, 5) is 11.7. The van der Waals surface area contributed by atoms with Gasteiger partial charge in [0.05, 0.1) is 10.6 Å². The standard InChI is InChI=1S/C12H15ClN2O/c13-11-4-2-1-3-10(11)12(16)15-6-5-9-7-14-8-9/h1-4,9,14H,5-8H2,(H,15,16). The van der Waals surface area contributed by atoms with Crippen LogP contribution in [0.25, 0.3) is 0 Å². The van der Waals surface area contributed by atoms with Crippen LogP contribution >= 0.6 is 11.6 Å². The zero-order valence-corrected chi connectivity index (χ0v) is 9.76. The summed E-state index contributed by atoms with van der Waals surface area (Å²) in [7, 11) is 0. The fourth-order valence-corrected chi connectivity index (χ4v) is 1.90. The van der Waals surface area contributed by atoms with Gasteiger partial charge in [0.1, 0.15) is 0 Å². The first-order chi connectivity index (χ1) is 7.77. The first-order valence-corrected chi connectivity index (χ1v) is 5.88. The molecule has 0 unspecified atom stereocenters. The molecule has 1 heterocycles. The van der Waals surface area contributed by atoms with E-state index < -0.39 is 0 Å². The third kappa shape index (κ3) is 2.74. The van der Waals surface area contributed by atoms with Gasteiger partial charge in [0.15, 0.2) is 0 Å². The lowest BCUT2D eigenvalue weighted by molar-refractivity contribution is 0.0950. The molecular weight excluding hydrogens is 224 g/mol. The van der Waals surface area contributed by atoms with E-state index in [0.717, 1.165) is 26.1 Å². The molecule has 2 N–H and O–H groups in total. The van der Waals surface area contributed by atoms with Gasteiger partial charge < -0.3 is 10.6 Å². The van der Waals surface area contributed by atoms with Gasteiger partial charge in [0.25, 0.3) is 5.91 Å². The Kier molecular flexibility index (Phi) is 3.80. The second kappa shape index (κ2) is 5.32. The van der Waals surface area contributed by atoms with Crippen molar-refractivity contribution in [2.24, 2.45) is 5.92 Å². The molecule has 1 aliphatic rings. The topological polar surface area (TPSA) is 41.1 Å². The zero-order valence-electron chi connectivity index (χ0n) is 9.00. The van der Waals surface area contributed by atoms with Crippen LogP contribution < -0.4 is 10.6 Å². The molecule has 1 aromatic carbocycles. The SMILES string of the molecule is O=C(NCCC1CNC1)c1ccccc1Cl. The predicted molar refractivity (Wildman–Crippen MR) is 64.8 cm³/mol. The molecule has 1 saturated heterocycles. The van der Waals surface area contributed by atoms with E-state index >= 15 is 0 Å². The summed E-state index contributed by atoms with van der Waals surface area (Å²) in [6, 6.07) is 7.10. The Morgan fingerprint density at radius 2 is 2.19 bits per heavy atom. The normalized spacial score (nSPS) is 15.6. The van der Waals surface area contributed by atoms with Gasteiger partial charge in [-0.2, -0.15) is 0 Å². The smallest absolute Gasteiger partial charge is 0.252 e. The molecule has 86 valence electrons. The molecule has 1 aromatic rings. The molecule has 0 radical (unpaired) electrons. The Morgan fingerprint density at radius 1 is 1.44 bits per heavy atom. The average molecular weight is 239 g/mol. The number of rotatable bonds is 4. The van der Waals surface area contributed by atoms with E-state index in [-0.39, 0.29) is 5.91 Å². The molecule has 0 saturated carbocycles. The lowest BCUT2D eigenvalue weighted by atomic mass is 9.99. The van der Waals surface area contributed by atoms with Crippen LogP contribution in [-0.2, 0) is 0 Å². The number of carbonyl (C=O) groups is 1. The molecule has 0 atom stereocenters. The summed E-state index contributed by atoms with van der Waals surface area (Å²) < 4.78 is 0. The number of carbonyl (C=O) groups excluding carboxylic acids is 1. The van der Waals surface area contributed by atoms with Crippen LogP contribution in [0.5, 0.6) is 0 Å². The van der Waals surface area contributed by atoms with Crippen LogP contribution in [0.1, 0.15) is 16.8 Å². The molecule has 4 heteroatoms. The van der Waals surface area contributed by atoms with Gasteiger partial charge in [-0.25, -0.2) is 0 Å². The largest absolute Gasteiger partial charge is 0.352 e. The predicted octanol–water partition coefficient (Wildman–Crippen LogP) is 1.68. The Balaban J connectivity index is 1.81. The summed E-state index contributed by atoms with van der Waals surface area (Å²) >= 11 is 5.93. The molecule has 3 nitrogen and oxygen atoms in total. The van der Waals surface area contributed by atoms with Crippen molar-refractivity contribution < 1.29 is 4.79 Å². The first kappa shape index (κ1) is 11.4. The lowest BCUT2D eigenvalue weighted by Gasteiger charge is -2.26. The number of benzene rings is 1. The second-order valence-corrected chi connectivity index (χ2v) is 4.46. The van der Waals surface area contributed by atoms with Gasteiger partial charge in [-0.15, -0.1) is 0 Å². The molecule has 1 aliphatic heterocycles. The second-order valence-electron chi connectivity index (χ2n) is 4.05. The van der Waals surface area contributed by atoms with Gasteiger partial charge in [-0.3, -0.25) is 4.79 Å². The maximum Gasteiger partial charge on any atom is 0.252 e. The maximum atomic E-state index is 11.7. The molecule has 16 heavy (non-hydrogen) atoms. The molecular formula is C12H15ClN2O. The fourth-order valence-electron chi connectivity index (χ4n) is 1.68. The molecule has 1 amide bonds. The highest BCUT2D eigenvalue weighted by molar-refractivity contribution is 6.33. The molecule has 1 fully saturated rings. The fraction of sp³-hybridized carbons (Fsp3) is 0.417. The van der Waals surface area contributed by atoms with Crippen molar-refractivity contribution in [1.29, 1.82) is 0 Å². The van der Waals surface area contributed by atoms with E-state index in [2.05, 4.69) is 10.6 Å². The highest BCUT2D eigenvalue weighted by Crippen LogP contribution is 2.14. The average Bonchev–Trinajstić information content (AvgIpc) is 2.22. The van der Waals surface area contributed by atoms with Crippen molar-refractivity contribution in [3.8, 4) is 0 Å². The van der Waals surface area contributed by atoms with E-state index in [1.54, 1.807) is 12.1 Å². The molecule has 0 spiro atoms. The summed E-state index contributed by atoms with van der Waals surface area (Å²) in [5.41, 5.74) is 0.552. The molecule has 0 bridgehead atoms. The van der Waals surface area contributed by atoms with Gasteiger partial charge in [0.2, 0.25) is 0 Å². The van der Waals surface area contributed by atoms with Crippen LogP contribution in [0.3, 0.4) is 0 Å². The molecule has 2 rings (SSSR count). The third-order valence-corrected chi connectivity index (χ3v) is 3.15. The van der Waals surface area contributed by atoms with Crippen LogP contribution in [0.4, 0.5) is 0 Å². The van der Waals surface area contributed by atoms with Gasteiger partial charge in [0, 0.05) is 6.54 Å². The lowest BCUT2D eigenvalue weighted by Crippen LogP contribution is -2.43. The highest BCUT2D eigenvalue weighted by Gasteiger charge is 2.16. The number of hydrogen-bond acceptors (Lipinski definition) is 2. The quantitative estimate of drug-likeness (QED) is 0.838. The summed E-state index contributed by atoms with van der Waals surface area (Å²) in [5, 5.41) is 6.60. The Labute approximate surface area is 100 Å². The Hall–Kier alpha value is -1.06. The van der Waals surface area contributed by atoms with Crippen molar-refractivity contribution in [2.45, 2.75) is 6.42 Å². The number of nitrogens with one attached hydrogen (secondary N) is 2. The third-order valence-electron chi connectivity index (χ3n) is 2.82. The van der Waals surface area contributed by atoms with Gasteiger partial charge in [-0.05, 0) is 37.6 Å². The monoisotopic (exact) mass is 238 g/mol. The van der Waals surface area contributed by atoms with Crippen LogP contribution in [-0.4, -0.2) is 25.5 Å².